The van der Waals surface area contributed by atoms with Gasteiger partial charge >= 0.3 is 18.3 Å². The van der Waals surface area contributed by atoms with Crippen LogP contribution in [0.3, 0.4) is 0 Å². The van der Waals surface area contributed by atoms with Crippen molar-refractivity contribution in [2.45, 2.75) is 24.4 Å². The van der Waals surface area contributed by atoms with Crippen LogP contribution in [0.4, 0.5) is 35.1 Å². The highest BCUT2D eigenvalue weighted by atomic mass is 35.5. The zero-order chi connectivity index (χ0) is 23.2. The van der Waals surface area contributed by atoms with Crippen molar-refractivity contribution in [2.75, 3.05) is 19.2 Å². The molecule has 0 spiro atoms. The summed E-state index contributed by atoms with van der Waals surface area (Å²) in [5.41, 5.74) is -2.30. The van der Waals surface area contributed by atoms with Crippen LogP contribution >= 0.6 is 11.6 Å². The van der Waals surface area contributed by atoms with Crippen LogP contribution in [0.5, 0.6) is 0 Å². The van der Waals surface area contributed by atoms with Gasteiger partial charge in [0.05, 0.1) is 5.57 Å². The molecule has 0 aliphatic carbocycles. The second-order valence-electron chi connectivity index (χ2n) is 6.65. The Morgan fingerprint density at radius 3 is 2.45 bits per heavy atom. The Bertz CT molecular complexity index is 865. The smallest absolute Gasteiger partial charge is 0.455 e. The van der Waals surface area contributed by atoms with Crippen molar-refractivity contribution in [2.24, 2.45) is 11.0 Å². The molecule has 3 heterocycles. The third-order valence-corrected chi connectivity index (χ3v) is 4.65. The van der Waals surface area contributed by atoms with E-state index in [2.05, 4.69) is 10.4 Å². The first-order valence-electron chi connectivity index (χ1n) is 8.47. The fraction of sp³-hybridized carbons (Fsp3) is 0.500. The fourth-order valence-electron chi connectivity index (χ4n) is 3.14. The van der Waals surface area contributed by atoms with Crippen LogP contribution in [-0.4, -0.2) is 65.6 Å². The van der Waals surface area contributed by atoms with Crippen LogP contribution in [0.25, 0.3) is 0 Å². The maximum atomic E-state index is 13.6. The summed E-state index contributed by atoms with van der Waals surface area (Å²) in [5.74, 6) is -7.63. The maximum Gasteiger partial charge on any atom is 0.455 e. The number of nitrogens with zero attached hydrogens (tertiary/aromatic N) is 3. The van der Waals surface area contributed by atoms with Gasteiger partial charge in [-0.25, -0.2) is 0 Å². The minimum atomic E-state index is -5.86. The second-order valence-corrected chi connectivity index (χ2v) is 6.86. The highest BCUT2D eigenvalue weighted by molar-refractivity contribution is 6.17. The first-order chi connectivity index (χ1) is 14.2. The van der Waals surface area contributed by atoms with Crippen LogP contribution < -0.4 is 5.32 Å². The molecule has 0 fully saturated rings. The van der Waals surface area contributed by atoms with Gasteiger partial charge in [0, 0.05) is 31.0 Å². The first kappa shape index (κ1) is 23.2. The van der Waals surface area contributed by atoms with E-state index in [1.54, 1.807) is 0 Å². The number of ether oxygens (including phenoxy) is 1. The first-order valence-corrected chi connectivity index (χ1v) is 9.01. The highest BCUT2D eigenvalue weighted by Gasteiger charge is 2.59. The molecule has 3 rings (SSSR count). The van der Waals surface area contributed by atoms with Crippen LogP contribution in [0.1, 0.15) is 0 Å². The van der Waals surface area contributed by atoms with Gasteiger partial charge in [-0.15, -0.1) is 0 Å². The topological polar surface area (TPSA) is 57.2 Å². The molecule has 2 unspecified atom stereocenters. The molecule has 0 saturated heterocycles. The van der Waals surface area contributed by atoms with Gasteiger partial charge in [-0.05, 0) is 6.08 Å². The lowest BCUT2D eigenvalue weighted by atomic mass is 9.93. The predicted octanol–water partition coefficient (Wildman–Crippen LogP) is 3.30. The van der Waals surface area contributed by atoms with Gasteiger partial charge in [0.1, 0.15) is 24.2 Å². The largest absolute Gasteiger partial charge is 0.478 e. The van der Waals surface area contributed by atoms with Gasteiger partial charge in [0.15, 0.2) is 6.07 Å². The Morgan fingerprint density at radius 1 is 1.19 bits per heavy atom. The average molecular weight is 481 g/mol. The number of halogens is 9. The SMILES string of the molecule is O=C1C(C2C=NN(CC(F)(F)C(F)(F)F)C2)=C(C(F)(F)F)NC2C=C(OCCl)C=CN12. The predicted molar refractivity (Wildman–Crippen MR) is 90.4 cm³/mol. The summed E-state index contributed by atoms with van der Waals surface area (Å²) in [6, 6.07) is -0.291. The summed E-state index contributed by atoms with van der Waals surface area (Å²) in [4.78, 5) is 13.7. The summed E-state index contributed by atoms with van der Waals surface area (Å²) in [6.45, 7) is -2.67. The lowest BCUT2D eigenvalue weighted by Gasteiger charge is -2.39. The molecule has 3 aliphatic rings. The second kappa shape index (κ2) is 7.88. The molecule has 0 bridgehead atoms. The van der Waals surface area contributed by atoms with Gasteiger partial charge in [0.25, 0.3) is 5.91 Å². The number of hydrogen-bond donors (Lipinski definition) is 1. The molecule has 0 radical (unpaired) electrons. The molecular formula is C16H13ClF8N4O2. The van der Waals surface area contributed by atoms with E-state index in [1.165, 1.54) is 12.2 Å². The van der Waals surface area contributed by atoms with E-state index in [9.17, 15) is 39.9 Å². The van der Waals surface area contributed by atoms with E-state index in [0.29, 0.717) is 0 Å². The molecule has 3 aliphatic heterocycles. The van der Waals surface area contributed by atoms with Crippen molar-refractivity contribution < 1.29 is 44.7 Å². The van der Waals surface area contributed by atoms with Crippen molar-refractivity contribution in [1.29, 1.82) is 0 Å². The van der Waals surface area contributed by atoms with Gasteiger partial charge in [-0.1, -0.05) is 11.6 Å². The van der Waals surface area contributed by atoms with E-state index in [4.69, 9.17) is 16.3 Å². The van der Waals surface area contributed by atoms with Crippen LogP contribution in [0.2, 0.25) is 0 Å². The molecule has 1 N–H and O–H groups in total. The van der Waals surface area contributed by atoms with Crippen molar-refractivity contribution in [3.63, 3.8) is 0 Å². The van der Waals surface area contributed by atoms with Crippen molar-refractivity contribution >= 4 is 23.7 Å². The summed E-state index contributed by atoms with van der Waals surface area (Å²) < 4.78 is 110. The number of amides is 1. The molecule has 1 amide bonds. The molecule has 2 atom stereocenters. The normalized spacial score (nSPS) is 24.4. The summed E-state index contributed by atoms with van der Waals surface area (Å²) in [6.07, 6.45) is -7.87. The highest BCUT2D eigenvalue weighted by Crippen LogP contribution is 2.39. The third kappa shape index (κ3) is 4.57. The number of allylic oxidation sites excluding steroid dienone is 2. The minimum absolute atomic E-state index is 0.101. The quantitative estimate of drug-likeness (QED) is 0.485. The summed E-state index contributed by atoms with van der Waals surface area (Å²) in [5, 5.41) is 5.75. The van der Waals surface area contributed by atoms with Crippen LogP contribution in [0.15, 0.2) is 40.5 Å². The monoisotopic (exact) mass is 480 g/mol. The Morgan fingerprint density at radius 2 is 1.87 bits per heavy atom. The number of hydrogen-bond acceptors (Lipinski definition) is 5. The Kier molecular flexibility index (Phi) is 5.88. The van der Waals surface area contributed by atoms with Gasteiger partial charge in [-0.2, -0.15) is 40.2 Å². The summed E-state index contributed by atoms with van der Waals surface area (Å²) >= 11 is 5.41. The number of fused-ring (bicyclic) bond motifs is 1. The number of hydrazone groups is 1. The third-order valence-electron chi connectivity index (χ3n) is 4.54. The van der Waals surface area contributed by atoms with Crippen molar-refractivity contribution in [3.8, 4) is 0 Å². The lowest BCUT2D eigenvalue weighted by Crippen LogP contribution is -2.55. The minimum Gasteiger partial charge on any atom is -0.478 e. The van der Waals surface area contributed by atoms with Crippen LogP contribution in [0, 0.1) is 5.92 Å². The molecule has 6 nitrogen and oxygen atoms in total. The number of carbonyl (C=O) groups is 1. The maximum absolute atomic E-state index is 13.6. The standard InChI is InChI=1S/C16H13ClF8N4O2/c17-7-31-9-1-2-29-10(3-9)27-12(15(20,21)22)11(13(29)30)8-4-26-28(5-8)6-14(18,19)16(23,24)25/h1-4,8,10,27H,5-7H2. The average Bonchev–Trinajstić information content (AvgIpc) is 3.07. The fourth-order valence-corrected chi connectivity index (χ4v) is 3.26. The van der Waals surface area contributed by atoms with Gasteiger partial charge in [-0.3, -0.25) is 14.7 Å². The number of rotatable bonds is 5. The molecule has 0 aromatic heterocycles. The molecule has 0 saturated carbocycles. The molecule has 0 aromatic carbocycles. The lowest BCUT2D eigenvalue weighted by molar-refractivity contribution is -0.286. The number of alkyl halides is 9. The van der Waals surface area contributed by atoms with E-state index in [1.807, 2.05) is 0 Å². The molecule has 0 aromatic rings. The molecular weight excluding hydrogens is 468 g/mol. The Hall–Kier alpha value is -2.51. The van der Waals surface area contributed by atoms with E-state index in [0.717, 1.165) is 17.3 Å². The Labute approximate surface area is 174 Å². The van der Waals surface area contributed by atoms with Crippen molar-refractivity contribution in [1.82, 2.24) is 15.2 Å². The number of nitrogens with one attached hydrogen (secondary N) is 1. The zero-order valence-corrected chi connectivity index (χ0v) is 15.9. The van der Waals surface area contributed by atoms with Gasteiger partial charge in [0.2, 0.25) is 0 Å². The molecule has 15 heteroatoms. The summed E-state index contributed by atoms with van der Waals surface area (Å²) in [7, 11) is 0. The molecule has 31 heavy (non-hydrogen) atoms. The zero-order valence-electron chi connectivity index (χ0n) is 15.1. The number of carbonyl (C=O) groups excluding carboxylic acids is 1. The van der Waals surface area contributed by atoms with E-state index < -0.39 is 60.6 Å². The van der Waals surface area contributed by atoms with Crippen molar-refractivity contribution in [3.05, 3.63) is 35.4 Å². The molecule has 172 valence electrons. The van der Waals surface area contributed by atoms with Crippen LogP contribution in [-0.2, 0) is 9.53 Å². The van der Waals surface area contributed by atoms with E-state index >= 15 is 0 Å². The van der Waals surface area contributed by atoms with E-state index in [-0.39, 0.29) is 16.8 Å². The Balaban J connectivity index is 1.88. The van der Waals surface area contributed by atoms with Gasteiger partial charge < -0.3 is 10.1 Å².